The molecule has 0 unspecified atom stereocenters. The summed E-state index contributed by atoms with van der Waals surface area (Å²) in [5, 5.41) is 11.1. The van der Waals surface area contributed by atoms with Crippen LogP contribution in [0.15, 0.2) is 17.4 Å². The van der Waals surface area contributed by atoms with Crippen molar-refractivity contribution in [3.05, 3.63) is 18.0 Å². The number of guanidine groups is 1. The van der Waals surface area contributed by atoms with Crippen LogP contribution in [0.25, 0.3) is 0 Å². The Hall–Kier alpha value is -0.790. The van der Waals surface area contributed by atoms with Crippen LogP contribution in [0.1, 0.15) is 50.5 Å². The Morgan fingerprint density at radius 2 is 1.96 bits per heavy atom. The summed E-state index contributed by atoms with van der Waals surface area (Å²) in [6, 6.07) is 0. The van der Waals surface area contributed by atoms with Crippen LogP contribution in [0.4, 0.5) is 0 Å². The molecule has 2 rings (SSSR count). The van der Waals surface area contributed by atoms with E-state index in [0.29, 0.717) is 0 Å². The molecule has 1 saturated carbocycles. The molecule has 1 fully saturated rings. The molecule has 5 nitrogen and oxygen atoms in total. The average Bonchev–Trinajstić information content (AvgIpc) is 3.17. The molecule has 6 heteroatoms. The second kappa shape index (κ2) is 11.7. The van der Waals surface area contributed by atoms with E-state index in [9.17, 15) is 0 Å². The Labute approximate surface area is 157 Å². The van der Waals surface area contributed by atoms with Crippen LogP contribution in [0.5, 0.6) is 0 Å². The molecule has 0 bridgehead atoms. The van der Waals surface area contributed by atoms with E-state index >= 15 is 0 Å². The van der Waals surface area contributed by atoms with Gasteiger partial charge in [0.1, 0.15) is 0 Å². The average molecular weight is 433 g/mol. The smallest absolute Gasteiger partial charge is 0.190 e. The Balaban J connectivity index is 0.00000264. The predicted molar refractivity (Wildman–Crippen MR) is 108 cm³/mol. The molecule has 0 amide bonds. The SMILES string of the molecule is CN=C(NCCCC1CCCC1)NCCCn1cc(C)cn1.I. The third-order valence-electron chi connectivity index (χ3n) is 4.40. The van der Waals surface area contributed by atoms with Crippen LogP contribution >= 0.6 is 24.0 Å². The van der Waals surface area contributed by atoms with Crippen LogP contribution in [-0.2, 0) is 6.54 Å². The zero-order valence-corrected chi connectivity index (χ0v) is 16.9. The number of aromatic nitrogens is 2. The maximum absolute atomic E-state index is 4.29. The quantitative estimate of drug-likeness (QED) is 0.286. The molecule has 0 spiro atoms. The molecule has 23 heavy (non-hydrogen) atoms. The fourth-order valence-corrected chi connectivity index (χ4v) is 3.15. The Bertz CT molecular complexity index is 452. The van der Waals surface area contributed by atoms with Crippen molar-refractivity contribution in [3.63, 3.8) is 0 Å². The molecule has 1 aromatic heterocycles. The summed E-state index contributed by atoms with van der Waals surface area (Å²) in [5.41, 5.74) is 1.22. The van der Waals surface area contributed by atoms with Gasteiger partial charge in [-0.05, 0) is 37.7 Å². The molecule has 132 valence electrons. The number of aliphatic imine (C=N–C) groups is 1. The minimum atomic E-state index is 0. The minimum absolute atomic E-state index is 0. The summed E-state index contributed by atoms with van der Waals surface area (Å²) in [6.45, 7) is 4.95. The summed E-state index contributed by atoms with van der Waals surface area (Å²) in [7, 11) is 1.84. The number of nitrogens with one attached hydrogen (secondary N) is 2. The fourth-order valence-electron chi connectivity index (χ4n) is 3.15. The normalized spacial score (nSPS) is 15.5. The lowest BCUT2D eigenvalue weighted by Gasteiger charge is -2.13. The second-order valence-corrected chi connectivity index (χ2v) is 6.35. The van der Waals surface area contributed by atoms with Crippen LogP contribution in [-0.4, -0.2) is 35.9 Å². The van der Waals surface area contributed by atoms with E-state index in [4.69, 9.17) is 0 Å². The summed E-state index contributed by atoms with van der Waals surface area (Å²) in [5.74, 6) is 1.90. The van der Waals surface area contributed by atoms with Crippen molar-refractivity contribution in [3.8, 4) is 0 Å². The van der Waals surface area contributed by atoms with Gasteiger partial charge in [-0.15, -0.1) is 24.0 Å². The lowest BCUT2D eigenvalue weighted by molar-refractivity contribution is 0.481. The minimum Gasteiger partial charge on any atom is -0.356 e. The van der Waals surface area contributed by atoms with Crippen molar-refractivity contribution in [2.45, 2.75) is 58.4 Å². The van der Waals surface area contributed by atoms with E-state index < -0.39 is 0 Å². The Kier molecular flexibility index (Phi) is 10.3. The van der Waals surface area contributed by atoms with Gasteiger partial charge in [0, 0.05) is 32.9 Å². The van der Waals surface area contributed by atoms with E-state index in [1.807, 2.05) is 17.9 Å². The molecule has 0 radical (unpaired) electrons. The molecular weight excluding hydrogens is 401 g/mol. The van der Waals surface area contributed by atoms with Crippen molar-refractivity contribution in [2.75, 3.05) is 20.1 Å². The number of rotatable bonds is 8. The topological polar surface area (TPSA) is 54.2 Å². The van der Waals surface area contributed by atoms with Crippen LogP contribution in [0.2, 0.25) is 0 Å². The summed E-state index contributed by atoms with van der Waals surface area (Å²) in [6.07, 6.45) is 13.4. The molecule has 1 aromatic rings. The summed E-state index contributed by atoms with van der Waals surface area (Å²) >= 11 is 0. The van der Waals surface area contributed by atoms with Crippen LogP contribution in [0.3, 0.4) is 0 Å². The standard InChI is InChI=1S/C17H31N5.HI/c1-15-13-21-22(14-15)12-6-11-20-17(18-2)19-10-5-9-16-7-3-4-8-16;/h13-14,16H,3-12H2,1-2H3,(H2,18,19,20);1H. The van der Waals surface area contributed by atoms with Crippen molar-refractivity contribution in [2.24, 2.45) is 10.9 Å². The molecule has 0 saturated heterocycles. The largest absolute Gasteiger partial charge is 0.356 e. The maximum atomic E-state index is 4.29. The first kappa shape index (κ1) is 20.3. The Morgan fingerprint density at radius 1 is 1.26 bits per heavy atom. The van der Waals surface area contributed by atoms with Gasteiger partial charge in [-0.1, -0.05) is 25.7 Å². The Morgan fingerprint density at radius 3 is 2.57 bits per heavy atom. The molecule has 1 aliphatic rings. The van der Waals surface area contributed by atoms with Gasteiger partial charge in [0.15, 0.2) is 5.96 Å². The molecule has 0 aromatic carbocycles. The van der Waals surface area contributed by atoms with Crippen LogP contribution in [0, 0.1) is 12.8 Å². The number of hydrogen-bond acceptors (Lipinski definition) is 2. The van der Waals surface area contributed by atoms with E-state index in [0.717, 1.165) is 37.9 Å². The molecule has 2 N–H and O–H groups in total. The predicted octanol–water partition coefficient (Wildman–Crippen LogP) is 3.34. The van der Waals surface area contributed by atoms with Crippen molar-refractivity contribution < 1.29 is 0 Å². The number of nitrogens with zero attached hydrogens (tertiary/aromatic N) is 3. The van der Waals surface area contributed by atoms with Gasteiger partial charge in [0.05, 0.1) is 6.20 Å². The highest BCUT2D eigenvalue weighted by Crippen LogP contribution is 2.28. The maximum Gasteiger partial charge on any atom is 0.190 e. The highest BCUT2D eigenvalue weighted by molar-refractivity contribution is 14.0. The lowest BCUT2D eigenvalue weighted by atomic mass is 10.0. The third-order valence-corrected chi connectivity index (χ3v) is 4.40. The summed E-state index contributed by atoms with van der Waals surface area (Å²) < 4.78 is 1.99. The first-order valence-corrected chi connectivity index (χ1v) is 8.71. The zero-order chi connectivity index (χ0) is 15.6. The van der Waals surface area contributed by atoms with Gasteiger partial charge >= 0.3 is 0 Å². The monoisotopic (exact) mass is 433 g/mol. The fraction of sp³-hybridized carbons (Fsp3) is 0.765. The first-order chi connectivity index (χ1) is 10.8. The molecule has 0 aliphatic heterocycles. The second-order valence-electron chi connectivity index (χ2n) is 6.35. The third kappa shape index (κ3) is 8.04. The molecular formula is C17H32IN5. The molecule has 1 heterocycles. The summed E-state index contributed by atoms with van der Waals surface area (Å²) in [4.78, 5) is 4.28. The number of hydrogen-bond donors (Lipinski definition) is 2. The van der Waals surface area contributed by atoms with Gasteiger partial charge in [-0.25, -0.2) is 0 Å². The van der Waals surface area contributed by atoms with E-state index in [1.54, 1.807) is 0 Å². The van der Waals surface area contributed by atoms with E-state index in [1.165, 1.54) is 44.1 Å². The molecule has 0 atom stereocenters. The van der Waals surface area contributed by atoms with E-state index in [-0.39, 0.29) is 24.0 Å². The first-order valence-electron chi connectivity index (χ1n) is 8.71. The highest BCUT2D eigenvalue weighted by atomic mass is 127. The zero-order valence-electron chi connectivity index (χ0n) is 14.6. The van der Waals surface area contributed by atoms with Gasteiger partial charge in [0.2, 0.25) is 0 Å². The van der Waals surface area contributed by atoms with Crippen molar-refractivity contribution in [1.82, 2.24) is 20.4 Å². The molecule has 1 aliphatic carbocycles. The highest BCUT2D eigenvalue weighted by Gasteiger charge is 2.13. The van der Waals surface area contributed by atoms with Gasteiger partial charge in [-0.2, -0.15) is 5.10 Å². The van der Waals surface area contributed by atoms with Crippen LogP contribution < -0.4 is 10.6 Å². The number of halogens is 1. The van der Waals surface area contributed by atoms with Crippen molar-refractivity contribution in [1.29, 1.82) is 0 Å². The van der Waals surface area contributed by atoms with Gasteiger partial charge in [0.25, 0.3) is 0 Å². The van der Waals surface area contributed by atoms with E-state index in [2.05, 4.69) is 33.8 Å². The van der Waals surface area contributed by atoms with Gasteiger partial charge < -0.3 is 10.6 Å². The number of aryl methyl sites for hydroxylation is 2. The lowest BCUT2D eigenvalue weighted by Crippen LogP contribution is -2.38. The van der Waals surface area contributed by atoms with Crippen molar-refractivity contribution >= 4 is 29.9 Å². The van der Waals surface area contributed by atoms with Gasteiger partial charge in [-0.3, -0.25) is 9.67 Å².